The molecule has 0 aliphatic carbocycles. The highest BCUT2D eigenvalue weighted by Gasteiger charge is 2.15. The highest BCUT2D eigenvalue weighted by Crippen LogP contribution is 2.33. The third-order valence-corrected chi connectivity index (χ3v) is 6.12. The molecule has 3 heterocycles. The molecule has 4 rings (SSSR count). The normalized spacial score (nSPS) is 10.9. The number of benzene rings is 1. The molecule has 0 atom stereocenters. The number of anilines is 2. The van der Waals surface area contributed by atoms with Crippen LogP contribution in [0.1, 0.15) is 0 Å². The van der Waals surface area contributed by atoms with E-state index in [0.29, 0.717) is 15.9 Å². The van der Waals surface area contributed by atoms with Gasteiger partial charge in [0, 0.05) is 41.3 Å². The number of aromatic nitrogens is 2. The predicted molar refractivity (Wildman–Crippen MR) is 117 cm³/mol. The largest absolute Gasteiger partial charge is 0.378 e. The van der Waals surface area contributed by atoms with Gasteiger partial charge in [-0.15, -0.1) is 22.7 Å². The van der Waals surface area contributed by atoms with Gasteiger partial charge < -0.3 is 10.2 Å². The fourth-order valence-electron chi connectivity index (χ4n) is 2.89. The Bertz CT molecular complexity index is 1180. The second-order valence-corrected chi connectivity index (χ2v) is 8.28. The molecule has 0 bridgehead atoms. The number of thiophene rings is 2. The number of nitrogens with one attached hydrogen (secondary N) is 1. The molecule has 3 aromatic heterocycles. The van der Waals surface area contributed by atoms with Gasteiger partial charge in [0.25, 0.3) is 5.56 Å². The van der Waals surface area contributed by atoms with Crippen molar-refractivity contribution in [2.75, 3.05) is 24.3 Å². The zero-order valence-electron chi connectivity index (χ0n) is 15.4. The van der Waals surface area contributed by atoms with Crippen LogP contribution in [-0.2, 0) is 11.3 Å². The van der Waals surface area contributed by atoms with Gasteiger partial charge in [0.2, 0.25) is 5.91 Å². The summed E-state index contributed by atoms with van der Waals surface area (Å²) in [6.07, 6.45) is 1.44. The molecule has 142 valence electrons. The van der Waals surface area contributed by atoms with Crippen LogP contribution in [0.2, 0.25) is 0 Å². The summed E-state index contributed by atoms with van der Waals surface area (Å²) in [4.78, 5) is 33.5. The molecular weight excluding hydrogens is 392 g/mol. The van der Waals surface area contributed by atoms with E-state index in [1.807, 2.05) is 66.2 Å². The number of nitrogens with zero attached hydrogens (tertiary/aromatic N) is 3. The number of rotatable bonds is 5. The van der Waals surface area contributed by atoms with Crippen LogP contribution in [0.4, 0.5) is 11.4 Å². The molecule has 8 heteroatoms. The van der Waals surface area contributed by atoms with Crippen molar-refractivity contribution in [3.8, 4) is 10.4 Å². The topological polar surface area (TPSA) is 67.2 Å². The molecule has 28 heavy (non-hydrogen) atoms. The van der Waals surface area contributed by atoms with Crippen molar-refractivity contribution in [3.63, 3.8) is 0 Å². The van der Waals surface area contributed by atoms with Crippen LogP contribution in [0.15, 0.2) is 58.3 Å². The van der Waals surface area contributed by atoms with Crippen LogP contribution < -0.4 is 15.8 Å². The predicted octanol–water partition coefficient (Wildman–Crippen LogP) is 3.89. The van der Waals surface area contributed by atoms with E-state index in [9.17, 15) is 9.59 Å². The van der Waals surface area contributed by atoms with Crippen molar-refractivity contribution in [1.82, 2.24) is 9.55 Å². The van der Waals surface area contributed by atoms with Crippen molar-refractivity contribution in [1.29, 1.82) is 0 Å². The molecule has 0 fully saturated rings. The Hall–Kier alpha value is -2.97. The molecule has 1 amide bonds. The highest BCUT2D eigenvalue weighted by molar-refractivity contribution is 7.18. The van der Waals surface area contributed by atoms with Gasteiger partial charge in [0.05, 0.1) is 11.7 Å². The molecule has 0 spiro atoms. The molecule has 0 saturated carbocycles. The summed E-state index contributed by atoms with van der Waals surface area (Å²) >= 11 is 3.01. The molecule has 0 aliphatic rings. The summed E-state index contributed by atoms with van der Waals surface area (Å²) in [5, 5.41) is 7.32. The van der Waals surface area contributed by atoms with Crippen molar-refractivity contribution in [2.24, 2.45) is 0 Å². The first-order chi connectivity index (χ1) is 13.5. The third kappa shape index (κ3) is 3.56. The lowest BCUT2D eigenvalue weighted by atomic mass is 10.2. The minimum atomic E-state index is -0.270. The van der Waals surface area contributed by atoms with Crippen LogP contribution in [-0.4, -0.2) is 29.6 Å². The van der Waals surface area contributed by atoms with Gasteiger partial charge >= 0.3 is 0 Å². The van der Waals surface area contributed by atoms with E-state index in [1.165, 1.54) is 22.2 Å². The fraction of sp³-hybridized carbons (Fsp3) is 0.150. The quantitative estimate of drug-likeness (QED) is 0.542. The van der Waals surface area contributed by atoms with Crippen molar-refractivity contribution >= 4 is 50.2 Å². The van der Waals surface area contributed by atoms with Gasteiger partial charge in [-0.05, 0) is 35.7 Å². The van der Waals surface area contributed by atoms with Gasteiger partial charge in [0.1, 0.15) is 11.4 Å². The first-order valence-corrected chi connectivity index (χ1v) is 10.4. The van der Waals surface area contributed by atoms with Crippen LogP contribution in [0.25, 0.3) is 20.7 Å². The van der Waals surface area contributed by atoms with Crippen LogP contribution >= 0.6 is 22.7 Å². The average Bonchev–Trinajstić information content (AvgIpc) is 3.34. The molecule has 0 radical (unpaired) electrons. The SMILES string of the molecule is CN(C)c1ccc(NC(=O)Cn2cnc3scc(-c4cccs4)c3c2=O)cc1. The van der Waals surface area contributed by atoms with Gasteiger partial charge in [-0.1, -0.05) is 6.07 Å². The maximum Gasteiger partial charge on any atom is 0.263 e. The molecule has 0 aliphatic heterocycles. The lowest BCUT2D eigenvalue weighted by Crippen LogP contribution is -2.27. The molecule has 1 N–H and O–H groups in total. The standard InChI is InChI=1S/C20H18N4O2S2/c1-23(2)14-7-5-13(6-8-14)22-17(25)10-24-12-21-19-18(20(24)26)15(11-28-19)16-4-3-9-27-16/h3-9,11-12H,10H2,1-2H3,(H,22,25). The van der Waals surface area contributed by atoms with Crippen molar-refractivity contribution in [3.05, 3.63) is 63.8 Å². The van der Waals surface area contributed by atoms with Crippen molar-refractivity contribution in [2.45, 2.75) is 6.54 Å². The van der Waals surface area contributed by atoms with Crippen LogP contribution in [0, 0.1) is 0 Å². The smallest absolute Gasteiger partial charge is 0.263 e. The van der Waals surface area contributed by atoms with E-state index in [2.05, 4.69) is 10.3 Å². The number of hydrogen-bond acceptors (Lipinski definition) is 6. The second-order valence-electron chi connectivity index (χ2n) is 6.47. The summed E-state index contributed by atoms with van der Waals surface area (Å²) in [5.41, 5.74) is 2.41. The summed E-state index contributed by atoms with van der Waals surface area (Å²) in [5.74, 6) is -0.270. The maximum atomic E-state index is 13.0. The summed E-state index contributed by atoms with van der Waals surface area (Å²) in [6, 6.07) is 11.5. The first-order valence-electron chi connectivity index (χ1n) is 8.60. The molecule has 6 nitrogen and oxygen atoms in total. The number of hydrogen-bond donors (Lipinski definition) is 1. The minimum Gasteiger partial charge on any atom is -0.378 e. The maximum absolute atomic E-state index is 13.0. The Morgan fingerprint density at radius 2 is 1.96 bits per heavy atom. The lowest BCUT2D eigenvalue weighted by molar-refractivity contribution is -0.116. The first kappa shape index (κ1) is 18.4. The minimum absolute atomic E-state index is 0.0864. The number of amides is 1. The van der Waals surface area contributed by atoms with Gasteiger partial charge in [-0.25, -0.2) is 4.98 Å². The zero-order chi connectivity index (χ0) is 19.7. The van der Waals surface area contributed by atoms with E-state index in [1.54, 1.807) is 11.3 Å². The number of carbonyl (C=O) groups excluding carboxylic acids is 1. The summed E-state index contributed by atoms with van der Waals surface area (Å²) in [6.45, 7) is -0.0864. The fourth-order valence-corrected chi connectivity index (χ4v) is 4.61. The Morgan fingerprint density at radius 3 is 2.64 bits per heavy atom. The van der Waals surface area contributed by atoms with Crippen molar-refractivity contribution < 1.29 is 4.79 Å². The number of carbonyl (C=O) groups is 1. The number of fused-ring (bicyclic) bond motifs is 1. The molecule has 0 saturated heterocycles. The lowest BCUT2D eigenvalue weighted by Gasteiger charge is -2.13. The Kier molecular flexibility index (Phi) is 4.97. The van der Waals surface area contributed by atoms with E-state index in [-0.39, 0.29) is 18.0 Å². The molecular formula is C20H18N4O2S2. The van der Waals surface area contributed by atoms with Crippen LogP contribution in [0.3, 0.4) is 0 Å². The Balaban J connectivity index is 1.57. The summed E-state index contributed by atoms with van der Waals surface area (Å²) < 4.78 is 1.36. The molecule has 0 unspecified atom stereocenters. The Labute approximate surface area is 169 Å². The van der Waals surface area contributed by atoms with Crippen LogP contribution in [0.5, 0.6) is 0 Å². The van der Waals surface area contributed by atoms with Gasteiger partial charge in [-0.3, -0.25) is 14.2 Å². The van der Waals surface area contributed by atoms with E-state index in [4.69, 9.17) is 0 Å². The Morgan fingerprint density at radius 1 is 1.18 bits per heavy atom. The zero-order valence-corrected chi connectivity index (χ0v) is 17.0. The van der Waals surface area contributed by atoms with Gasteiger partial charge in [0.15, 0.2) is 0 Å². The average molecular weight is 411 g/mol. The molecule has 4 aromatic rings. The van der Waals surface area contributed by atoms with E-state index >= 15 is 0 Å². The third-order valence-electron chi connectivity index (χ3n) is 4.33. The van der Waals surface area contributed by atoms with Gasteiger partial charge in [-0.2, -0.15) is 0 Å². The van der Waals surface area contributed by atoms with E-state index < -0.39 is 0 Å². The summed E-state index contributed by atoms with van der Waals surface area (Å²) in [7, 11) is 3.91. The monoisotopic (exact) mass is 410 g/mol. The highest BCUT2D eigenvalue weighted by atomic mass is 32.1. The molecule has 1 aromatic carbocycles. The second kappa shape index (κ2) is 7.57. The van der Waals surface area contributed by atoms with E-state index in [0.717, 1.165) is 16.1 Å².